The lowest BCUT2D eigenvalue weighted by Gasteiger charge is -2.14. The SMILES string of the molecule is Cc1ccc(/C=C2\SC(=S)N(c3ccc(C)cc3)C2=O)cc1. The second-order valence-corrected chi connectivity index (χ2v) is 6.94. The molecule has 2 aromatic rings. The van der Waals surface area contributed by atoms with E-state index >= 15 is 0 Å². The highest BCUT2D eigenvalue weighted by Gasteiger charge is 2.33. The molecule has 110 valence electrons. The van der Waals surface area contributed by atoms with Crippen molar-refractivity contribution in [3.8, 4) is 0 Å². The highest BCUT2D eigenvalue weighted by molar-refractivity contribution is 8.27. The Bertz CT molecular complexity index is 761. The zero-order chi connectivity index (χ0) is 15.7. The summed E-state index contributed by atoms with van der Waals surface area (Å²) in [6.45, 7) is 4.06. The lowest BCUT2D eigenvalue weighted by Crippen LogP contribution is -2.27. The van der Waals surface area contributed by atoms with Gasteiger partial charge in [-0.05, 0) is 37.6 Å². The lowest BCUT2D eigenvalue weighted by atomic mass is 10.1. The van der Waals surface area contributed by atoms with Gasteiger partial charge in [0.15, 0.2) is 4.32 Å². The minimum atomic E-state index is -0.0561. The highest BCUT2D eigenvalue weighted by Crippen LogP contribution is 2.36. The van der Waals surface area contributed by atoms with Crippen LogP contribution in [0.15, 0.2) is 53.4 Å². The second-order valence-electron chi connectivity index (χ2n) is 5.26. The van der Waals surface area contributed by atoms with Crippen LogP contribution in [0.4, 0.5) is 5.69 Å². The molecule has 0 aliphatic carbocycles. The van der Waals surface area contributed by atoms with E-state index < -0.39 is 0 Å². The minimum Gasteiger partial charge on any atom is -0.268 e. The zero-order valence-corrected chi connectivity index (χ0v) is 14.0. The van der Waals surface area contributed by atoms with Gasteiger partial charge in [0.1, 0.15) is 0 Å². The number of amides is 1. The lowest BCUT2D eigenvalue weighted by molar-refractivity contribution is -0.113. The van der Waals surface area contributed by atoms with E-state index in [1.807, 2.05) is 68.5 Å². The van der Waals surface area contributed by atoms with E-state index in [0.717, 1.165) is 16.8 Å². The van der Waals surface area contributed by atoms with Gasteiger partial charge in [-0.15, -0.1) is 0 Å². The third-order valence-corrected chi connectivity index (χ3v) is 4.76. The van der Waals surface area contributed by atoms with Crippen molar-refractivity contribution in [3.63, 3.8) is 0 Å². The predicted molar refractivity (Wildman–Crippen MR) is 98.0 cm³/mol. The van der Waals surface area contributed by atoms with Crippen LogP contribution in [0.5, 0.6) is 0 Å². The Morgan fingerprint density at radius 1 is 0.955 bits per heavy atom. The molecular weight excluding hydrogens is 310 g/mol. The maximum absolute atomic E-state index is 12.6. The van der Waals surface area contributed by atoms with Crippen LogP contribution in [0.1, 0.15) is 16.7 Å². The number of thioether (sulfide) groups is 1. The quantitative estimate of drug-likeness (QED) is 0.589. The Labute approximate surface area is 139 Å². The number of anilines is 1. The van der Waals surface area contributed by atoms with Crippen molar-refractivity contribution in [1.29, 1.82) is 0 Å². The first kappa shape index (κ1) is 15.0. The molecule has 0 aromatic heterocycles. The minimum absolute atomic E-state index is 0.0561. The average molecular weight is 325 g/mol. The van der Waals surface area contributed by atoms with Gasteiger partial charge < -0.3 is 0 Å². The summed E-state index contributed by atoms with van der Waals surface area (Å²) < 4.78 is 0.576. The van der Waals surface area contributed by atoms with Gasteiger partial charge in [-0.1, -0.05) is 71.5 Å². The summed E-state index contributed by atoms with van der Waals surface area (Å²) in [6, 6.07) is 15.9. The van der Waals surface area contributed by atoms with E-state index in [1.54, 1.807) is 4.90 Å². The number of thiocarbonyl (C=S) groups is 1. The Balaban J connectivity index is 1.91. The molecule has 0 spiro atoms. The van der Waals surface area contributed by atoms with Gasteiger partial charge in [-0.25, -0.2) is 0 Å². The van der Waals surface area contributed by atoms with E-state index in [0.29, 0.717) is 9.23 Å². The van der Waals surface area contributed by atoms with Gasteiger partial charge in [0.25, 0.3) is 5.91 Å². The van der Waals surface area contributed by atoms with Crippen LogP contribution in [0.25, 0.3) is 6.08 Å². The predicted octanol–water partition coefficient (Wildman–Crippen LogP) is 4.71. The fourth-order valence-corrected chi connectivity index (χ4v) is 3.50. The van der Waals surface area contributed by atoms with Gasteiger partial charge in [-0.2, -0.15) is 0 Å². The molecule has 1 aliphatic rings. The van der Waals surface area contributed by atoms with E-state index in [2.05, 4.69) is 0 Å². The summed E-state index contributed by atoms with van der Waals surface area (Å²) in [5, 5.41) is 0. The number of hydrogen-bond acceptors (Lipinski definition) is 3. The molecule has 0 N–H and O–H groups in total. The first-order chi connectivity index (χ1) is 10.5. The number of benzene rings is 2. The molecule has 1 heterocycles. The second kappa shape index (κ2) is 6.07. The normalized spacial score (nSPS) is 16.6. The summed E-state index contributed by atoms with van der Waals surface area (Å²) in [6.07, 6.45) is 1.90. The number of carbonyl (C=O) groups excluding carboxylic acids is 1. The van der Waals surface area contributed by atoms with Crippen LogP contribution >= 0.6 is 24.0 Å². The fourth-order valence-electron chi connectivity index (χ4n) is 2.20. The van der Waals surface area contributed by atoms with Crippen LogP contribution in [0.2, 0.25) is 0 Å². The van der Waals surface area contributed by atoms with Crippen LogP contribution in [-0.4, -0.2) is 10.2 Å². The smallest absolute Gasteiger partial charge is 0.268 e. The molecular formula is C18H15NOS2. The molecule has 22 heavy (non-hydrogen) atoms. The van der Waals surface area contributed by atoms with Crippen molar-refractivity contribution in [2.75, 3.05) is 4.90 Å². The molecule has 1 fully saturated rings. The van der Waals surface area contributed by atoms with E-state index in [-0.39, 0.29) is 5.91 Å². The summed E-state index contributed by atoms with van der Waals surface area (Å²) in [5.41, 5.74) is 4.18. The van der Waals surface area contributed by atoms with Gasteiger partial charge >= 0.3 is 0 Å². The third kappa shape index (κ3) is 2.98. The highest BCUT2D eigenvalue weighted by atomic mass is 32.2. The van der Waals surface area contributed by atoms with Crippen molar-refractivity contribution in [1.82, 2.24) is 0 Å². The Hall–Kier alpha value is -1.91. The van der Waals surface area contributed by atoms with Crippen LogP contribution < -0.4 is 4.90 Å². The molecule has 1 saturated heterocycles. The van der Waals surface area contributed by atoms with E-state index in [1.165, 1.54) is 17.3 Å². The van der Waals surface area contributed by atoms with Crippen molar-refractivity contribution >= 4 is 46.0 Å². The summed E-state index contributed by atoms with van der Waals surface area (Å²) >= 11 is 6.72. The Kier molecular flexibility index (Phi) is 4.14. The van der Waals surface area contributed by atoms with E-state index in [4.69, 9.17) is 12.2 Å². The summed E-state index contributed by atoms with van der Waals surface area (Å²) in [5.74, 6) is -0.0561. The maximum Gasteiger partial charge on any atom is 0.270 e. The molecule has 1 aliphatic heterocycles. The molecule has 0 radical (unpaired) electrons. The first-order valence-corrected chi connectivity index (χ1v) is 8.18. The Morgan fingerprint density at radius 2 is 1.50 bits per heavy atom. The average Bonchev–Trinajstić information content (AvgIpc) is 2.77. The number of carbonyl (C=O) groups is 1. The topological polar surface area (TPSA) is 20.3 Å². The van der Waals surface area contributed by atoms with Gasteiger partial charge in [0, 0.05) is 0 Å². The molecule has 1 amide bonds. The molecule has 2 nitrogen and oxygen atoms in total. The molecule has 0 bridgehead atoms. The van der Waals surface area contributed by atoms with Crippen molar-refractivity contribution < 1.29 is 4.79 Å². The molecule has 4 heteroatoms. The fraction of sp³-hybridized carbons (Fsp3) is 0.111. The van der Waals surface area contributed by atoms with Crippen LogP contribution in [0, 0.1) is 13.8 Å². The molecule has 0 saturated carbocycles. The maximum atomic E-state index is 12.6. The van der Waals surface area contributed by atoms with Crippen LogP contribution in [-0.2, 0) is 4.79 Å². The third-order valence-electron chi connectivity index (χ3n) is 3.46. The van der Waals surface area contributed by atoms with Crippen molar-refractivity contribution in [2.45, 2.75) is 13.8 Å². The molecule has 0 unspecified atom stereocenters. The largest absolute Gasteiger partial charge is 0.270 e. The van der Waals surface area contributed by atoms with Crippen LogP contribution in [0.3, 0.4) is 0 Å². The standard InChI is InChI=1S/C18H15NOS2/c1-12-3-7-14(8-4-12)11-16-17(20)19(18(21)22-16)15-9-5-13(2)6-10-15/h3-11H,1-2H3/b16-11-. The first-order valence-electron chi connectivity index (χ1n) is 6.96. The van der Waals surface area contributed by atoms with Gasteiger partial charge in [0.05, 0.1) is 10.6 Å². The Morgan fingerprint density at radius 3 is 2.09 bits per heavy atom. The number of hydrogen-bond donors (Lipinski definition) is 0. The molecule has 2 aromatic carbocycles. The van der Waals surface area contributed by atoms with Crippen molar-refractivity contribution in [2.24, 2.45) is 0 Å². The number of rotatable bonds is 2. The number of nitrogens with zero attached hydrogens (tertiary/aromatic N) is 1. The summed E-state index contributed by atoms with van der Waals surface area (Å²) in [4.78, 5) is 14.9. The number of aryl methyl sites for hydroxylation is 2. The monoisotopic (exact) mass is 325 g/mol. The zero-order valence-electron chi connectivity index (χ0n) is 12.4. The van der Waals surface area contributed by atoms with Gasteiger partial charge in [-0.3, -0.25) is 9.69 Å². The van der Waals surface area contributed by atoms with E-state index in [9.17, 15) is 4.79 Å². The molecule has 3 rings (SSSR count). The summed E-state index contributed by atoms with van der Waals surface area (Å²) in [7, 11) is 0. The van der Waals surface area contributed by atoms with Crippen molar-refractivity contribution in [3.05, 3.63) is 70.1 Å². The molecule has 0 atom stereocenters. The van der Waals surface area contributed by atoms with Gasteiger partial charge in [0.2, 0.25) is 0 Å².